The number of carbonyl (C=O) groups excluding carboxylic acids is 1. The first-order valence-electron chi connectivity index (χ1n) is 6.92. The molecule has 1 fully saturated rings. The molecule has 0 aliphatic carbocycles. The van der Waals surface area contributed by atoms with Gasteiger partial charge in [0, 0.05) is 35.2 Å². The van der Waals surface area contributed by atoms with E-state index >= 15 is 0 Å². The molecule has 0 radical (unpaired) electrons. The van der Waals surface area contributed by atoms with Crippen LogP contribution in [0.4, 0.5) is 5.69 Å². The highest BCUT2D eigenvalue weighted by molar-refractivity contribution is 9.10. The van der Waals surface area contributed by atoms with Crippen molar-refractivity contribution in [1.82, 2.24) is 4.90 Å². The van der Waals surface area contributed by atoms with Crippen LogP contribution in [0.15, 0.2) is 22.7 Å². The number of benzene rings is 1. The quantitative estimate of drug-likeness (QED) is 0.666. The lowest BCUT2D eigenvalue weighted by Crippen LogP contribution is -2.51. The van der Waals surface area contributed by atoms with E-state index in [1.165, 1.54) is 18.2 Å². The second-order valence-electron chi connectivity index (χ2n) is 5.34. The molecule has 1 aromatic carbocycles. The monoisotopic (exact) mass is 355 g/mol. The normalized spacial score (nSPS) is 20.1. The van der Waals surface area contributed by atoms with E-state index in [1.807, 2.05) is 6.92 Å². The van der Waals surface area contributed by atoms with Crippen LogP contribution in [-0.2, 0) is 0 Å². The number of piperidine rings is 1. The summed E-state index contributed by atoms with van der Waals surface area (Å²) in [6.45, 7) is 2.53. The Morgan fingerprint density at radius 3 is 2.86 bits per heavy atom. The third kappa shape index (κ3) is 3.41. The number of rotatable bonds is 3. The molecule has 2 rings (SSSR count). The predicted octanol–water partition coefficient (Wildman–Crippen LogP) is 2.70. The van der Waals surface area contributed by atoms with Gasteiger partial charge in [-0.3, -0.25) is 14.9 Å². The third-order valence-electron chi connectivity index (χ3n) is 3.81. The lowest BCUT2D eigenvalue weighted by atomic mass is 9.96. The number of non-ortho nitro benzene ring substituents is 1. The SMILES string of the molecule is CC(N)C1CCCCN1C(=O)c1cc([N+](=O)[O-])ccc1Br. The summed E-state index contributed by atoms with van der Waals surface area (Å²) in [5, 5.41) is 10.9. The number of nitrogens with two attached hydrogens (primary N) is 1. The Kier molecular flexibility index (Phi) is 4.95. The summed E-state index contributed by atoms with van der Waals surface area (Å²) < 4.78 is 0.562. The topological polar surface area (TPSA) is 89.5 Å². The molecule has 0 bridgehead atoms. The Balaban J connectivity index is 2.34. The third-order valence-corrected chi connectivity index (χ3v) is 4.50. The van der Waals surface area contributed by atoms with Crippen molar-refractivity contribution in [3.05, 3.63) is 38.3 Å². The lowest BCUT2D eigenvalue weighted by molar-refractivity contribution is -0.384. The van der Waals surface area contributed by atoms with E-state index in [0.717, 1.165) is 19.3 Å². The maximum absolute atomic E-state index is 12.7. The molecule has 114 valence electrons. The molecule has 7 heteroatoms. The number of nitrogens with zero attached hydrogens (tertiary/aromatic N) is 2. The first kappa shape index (κ1) is 15.9. The Labute approximate surface area is 131 Å². The molecule has 1 saturated heterocycles. The summed E-state index contributed by atoms with van der Waals surface area (Å²) >= 11 is 3.30. The Morgan fingerprint density at radius 1 is 1.52 bits per heavy atom. The molecule has 0 aromatic heterocycles. The number of amides is 1. The summed E-state index contributed by atoms with van der Waals surface area (Å²) in [4.78, 5) is 24.9. The highest BCUT2D eigenvalue weighted by Crippen LogP contribution is 2.27. The molecular formula is C14H18BrN3O3. The number of hydrogen-bond acceptors (Lipinski definition) is 4. The maximum atomic E-state index is 12.7. The number of nitro benzene ring substituents is 1. The van der Waals surface area contributed by atoms with E-state index in [0.29, 0.717) is 16.6 Å². The van der Waals surface area contributed by atoms with Gasteiger partial charge in [-0.25, -0.2) is 0 Å². The molecular weight excluding hydrogens is 338 g/mol. The number of nitro groups is 1. The maximum Gasteiger partial charge on any atom is 0.270 e. The van der Waals surface area contributed by atoms with Crippen LogP contribution >= 0.6 is 15.9 Å². The fraction of sp³-hybridized carbons (Fsp3) is 0.500. The second-order valence-corrected chi connectivity index (χ2v) is 6.20. The van der Waals surface area contributed by atoms with Crippen LogP contribution in [0.3, 0.4) is 0 Å². The standard InChI is InChI=1S/C14H18BrN3O3/c1-9(16)13-4-2-3-7-17(13)14(19)11-8-10(18(20)21)5-6-12(11)15/h5-6,8-9,13H,2-4,7,16H2,1H3. The molecule has 1 aromatic rings. The van der Waals surface area contributed by atoms with Gasteiger partial charge in [-0.1, -0.05) is 0 Å². The molecule has 1 heterocycles. The molecule has 2 unspecified atom stereocenters. The van der Waals surface area contributed by atoms with Crippen LogP contribution in [0.2, 0.25) is 0 Å². The zero-order chi connectivity index (χ0) is 15.6. The van der Waals surface area contributed by atoms with Crippen molar-refractivity contribution < 1.29 is 9.72 Å². The smallest absolute Gasteiger partial charge is 0.270 e. The summed E-state index contributed by atoms with van der Waals surface area (Å²) in [5.74, 6) is -0.201. The van der Waals surface area contributed by atoms with Gasteiger partial charge in [-0.2, -0.15) is 0 Å². The van der Waals surface area contributed by atoms with Crippen LogP contribution in [0, 0.1) is 10.1 Å². The molecule has 1 aliphatic rings. The fourth-order valence-corrected chi connectivity index (χ4v) is 3.12. The van der Waals surface area contributed by atoms with Crippen LogP contribution < -0.4 is 5.73 Å². The predicted molar refractivity (Wildman–Crippen MR) is 83.1 cm³/mol. The van der Waals surface area contributed by atoms with Gasteiger partial charge in [0.15, 0.2) is 0 Å². The van der Waals surface area contributed by atoms with Gasteiger partial charge in [0.2, 0.25) is 0 Å². The Morgan fingerprint density at radius 2 is 2.24 bits per heavy atom. The van der Waals surface area contributed by atoms with Crippen LogP contribution in [0.5, 0.6) is 0 Å². The van der Waals surface area contributed by atoms with Crippen molar-refractivity contribution >= 4 is 27.5 Å². The van der Waals surface area contributed by atoms with Crippen molar-refractivity contribution in [2.75, 3.05) is 6.54 Å². The molecule has 2 atom stereocenters. The van der Waals surface area contributed by atoms with Crippen molar-refractivity contribution in [1.29, 1.82) is 0 Å². The van der Waals surface area contributed by atoms with Crippen molar-refractivity contribution in [3.8, 4) is 0 Å². The zero-order valence-corrected chi connectivity index (χ0v) is 13.4. The van der Waals surface area contributed by atoms with E-state index in [-0.39, 0.29) is 23.7 Å². The fourth-order valence-electron chi connectivity index (χ4n) is 2.70. The van der Waals surface area contributed by atoms with Crippen LogP contribution in [0.1, 0.15) is 36.5 Å². The van der Waals surface area contributed by atoms with Gasteiger partial charge in [0.1, 0.15) is 0 Å². The van der Waals surface area contributed by atoms with Crippen LogP contribution in [0.25, 0.3) is 0 Å². The number of halogens is 1. The van der Waals surface area contributed by atoms with Crippen molar-refractivity contribution in [3.63, 3.8) is 0 Å². The van der Waals surface area contributed by atoms with Gasteiger partial charge in [-0.05, 0) is 48.2 Å². The zero-order valence-electron chi connectivity index (χ0n) is 11.8. The minimum absolute atomic E-state index is 0.0163. The molecule has 21 heavy (non-hydrogen) atoms. The average molecular weight is 356 g/mol. The van der Waals surface area contributed by atoms with E-state index in [2.05, 4.69) is 15.9 Å². The summed E-state index contributed by atoms with van der Waals surface area (Å²) in [6, 6.07) is 4.10. The average Bonchev–Trinajstić information content (AvgIpc) is 2.46. The molecule has 6 nitrogen and oxygen atoms in total. The van der Waals surface area contributed by atoms with Gasteiger partial charge in [0.25, 0.3) is 11.6 Å². The summed E-state index contributed by atoms with van der Waals surface area (Å²) in [6.07, 6.45) is 2.85. The first-order valence-corrected chi connectivity index (χ1v) is 7.71. The molecule has 0 spiro atoms. The highest BCUT2D eigenvalue weighted by Gasteiger charge is 2.31. The van der Waals surface area contributed by atoms with E-state index < -0.39 is 4.92 Å². The Bertz CT molecular complexity index is 562. The van der Waals surface area contributed by atoms with Crippen molar-refractivity contribution in [2.24, 2.45) is 5.73 Å². The molecule has 2 N–H and O–H groups in total. The number of likely N-dealkylation sites (tertiary alicyclic amines) is 1. The van der Waals surface area contributed by atoms with Gasteiger partial charge >= 0.3 is 0 Å². The highest BCUT2D eigenvalue weighted by atomic mass is 79.9. The Hall–Kier alpha value is -1.47. The first-order chi connectivity index (χ1) is 9.91. The molecule has 1 aliphatic heterocycles. The van der Waals surface area contributed by atoms with Gasteiger partial charge in [0.05, 0.1) is 10.5 Å². The van der Waals surface area contributed by atoms with E-state index in [1.54, 1.807) is 4.90 Å². The molecule has 0 saturated carbocycles. The number of carbonyl (C=O) groups is 1. The minimum atomic E-state index is -0.498. The van der Waals surface area contributed by atoms with E-state index in [9.17, 15) is 14.9 Å². The van der Waals surface area contributed by atoms with Crippen molar-refractivity contribution in [2.45, 2.75) is 38.3 Å². The summed E-state index contributed by atoms with van der Waals surface area (Å²) in [7, 11) is 0. The molecule has 1 amide bonds. The van der Waals surface area contributed by atoms with Gasteiger partial charge < -0.3 is 10.6 Å². The summed E-state index contributed by atoms with van der Waals surface area (Å²) in [5.41, 5.74) is 6.21. The van der Waals surface area contributed by atoms with E-state index in [4.69, 9.17) is 5.73 Å². The number of hydrogen-bond donors (Lipinski definition) is 1. The second kappa shape index (κ2) is 6.53. The van der Waals surface area contributed by atoms with Crippen LogP contribution in [-0.4, -0.2) is 34.4 Å². The minimum Gasteiger partial charge on any atom is -0.334 e. The van der Waals surface area contributed by atoms with Gasteiger partial charge in [-0.15, -0.1) is 0 Å². The lowest BCUT2D eigenvalue weighted by Gasteiger charge is -2.38. The largest absolute Gasteiger partial charge is 0.334 e.